The van der Waals surface area contributed by atoms with E-state index in [-0.39, 0.29) is 6.61 Å². The van der Waals surface area contributed by atoms with Gasteiger partial charge in [0, 0.05) is 0 Å². The summed E-state index contributed by atoms with van der Waals surface area (Å²) in [7, 11) is 0. The van der Waals surface area contributed by atoms with E-state index in [1.165, 1.54) is 25.7 Å². The predicted octanol–water partition coefficient (Wildman–Crippen LogP) is 6.40. The smallest absolute Gasteiger partial charge is 0.310 e. The van der Waals surface area contributed by atoms with Crippen molar-refractivity contribution < 1.29 is 29.0 Å². The highest BCUT2D eigenvalue weighted by Gasteiger charge is 2.46. The number of carbonyl (C=O) groups excluding carboxylic acids is 2. The normalized spacial score (nSPS) is 20.7. The molecule has 1 fully saturated rings. The van der Waals surface area contributed by atoms with Gasteiger partial charge in [0.2, 0.25) is 0 Å². The van der Waals surface area contributed by atoms with Gasteiger partial charge in [0.1, 0.15) is 0 Å². The van der Waals surface area contributed by atoms with Crippen molar-refractivity contribution in [2.45, 2.75) is 111 Å². The first-order valence-electron chi connectivity index (χ1n) is 13.3. The zero-order valence-electron chi connectivity index (χ0n) is 21.5. The topological polar surface area (TPSA) is 89.9 Å². The molecule has 1 aliphatic carbocycles. The van der Waals surface area contributed by atoms with E-state index in [1.807, 2.05) is 0 Å². The second kappa shape index (κ2) is 16.9. The maximum absolute atomic E-state index is 12.8. The first-order chi connectivity index (χ1) is 15.7. The van der Waals surface area contributed by atoms with Crippen molar-refractivity contribution in [2.75, 3.05) is 13.2 Å². The van der Waals surface area contributed by atoms with E-state index in [9.17, 15) is 19.5 Å². The van der Waals surface area contributed by atoms with E-state index in [0.717, 1.165) is 38.5 Å². The number of unbranched alkanes of at least 4 members (excludes halogenated alkanes) is 6. The third-order valence-corrected chi connectivity index (χ3v) is 6.63. The van der Waals surface area contributed by atoms with E-state index in [4.69, 9.17) is 9.47 Å². The van der Waals surface area contributed by atoms with Gasteiger partial charge < -0.3 is 14.6 Å². The molecule has 1 aliphatic rings. The van der Waals surface area contributed by atoms with Crippen LogP contribution in [0.2, 0.25) is 0 Å². The lowest BCUT2D eigenvalue weighted by atomic mass is 9.72. The molecule has 0 aromatic carbocycles. The summed E-state index contributed by atoms with van der Waals surface area (Å²) in [5.74, 6) is -3.19. The fourth-order valence-electron chi connectivity index (χ4n) is 4.63. The van der Waals surface area contributed by atoms with Crippen LogP contribution in [0.15, 0.2) is 0 Å². The molecule has 6 heteroatoms. The number of aliphatic carboxylic acids is 1. The van der Waals surface area contributed by atoms with Gasteiger partial charge in [0.25, 0.3) is 0 Å². The largest absolute Gasteiger partial charge is 0.481 e. The van der Waals surface area contributed by atoms with Crippen LogP contribution in [-0.4, -0.2) is 36.2 Å². The monoisotopic (exact) mass is 468 g/mol. The van der Waals surface area contributed by atoms with Gasteiger partial charge in [0.05, 0.1) is 31.0 Å². The van der Waals surface area contributed by atoms with E-state index in [2.05, 4.69) is 27.7 Å². The molecule has 1 N–H and O–H groups in total. The number of hydrogen-bond donors (Lipinski definition) is 1. The van der Waals surface area contributed by atoms with Crippen LogP contribution in [0.25, 0.3) is 0 Å². The van der Waals surface area contributed by atoms with Gasteiger partial charge in [-0.2, -0.15) is 0 Å². The van der Waals surface area contributed by atoms with Crippen LogP contribution in [0.1, 0.15) is 111 Å². The third kappa shape index (κ3) is 12.4. The van der Waals surface area contributed by atoms with Gasteiger partial charge in [-0.1, -0.05) is 85.5 Å². The van der Waals surface area contributed by atoms with Gasteiger partial charge in [0.15, 0.2) is 0 Å². The molecule has 0 aliphatic heterocycles. The first-order valence-corrected chi connectivity index (χ1v) is 13.3. The minimum absolute atomic E-state index is 0.279. The Hall–Kier alpha value is -1.59. The lowest BCUT2D eigenvalue weighted by molar-refractivity contribution is -0.170. The Morgan fingerprint density at radius 3 is 1.64 bits per heavy atom. The predicted molar refractivity (Wildman–Crippen MR) is 130 cm³/mol. The van der Waals surface area contributed by atoms with Gasteiger partial charge in [-0.3, -0.25) is 14.4 Å². The Kier molecular flexibility index (Phi) is 15.1. The molecule has 192 valence electrons. The first kappa shape index (κ1) is 29.4. The molecule has 0 amide bonds. The molecule has 0 saturated heterocycles. The van der Waals surface area contributed by atoms with Crippen LogP contribution in [0.4, 0.5) is 0 Å². The lowest BCUT2D eigenvalue weighted by Gasteiger charge is -2.33. The number of esters is 2. The van der Waals surface area contributed by atoms with Crippen LogP contribution in [0.5, 0.6) is 0 Å². The van der Waals surface area contributed by atoms with Crippen molar-refractivity contribution in [1.29, 1.82) is 0 Å². The molecule has 6 nitrogen and oxygen atoms in total. The minimum Gasteiger partial charge on any atom is -0.481 e. The van der Waals surface area contributed by atoms with Gasteiger partial charge >= 0.3 is 17.9 Å². The van der Waals surface area contributed by atoms with Crippen molar-refractivity contribution in [3.63, 3.8) is 0 Å². The summed E-state index contributed by atoms with van der Waals surface area (Å²) in [5.41, 5.74) is 0. The summed E-state index contributed by atoms with van der Waals surface area (Å²) in [5, 5.41) is 9.65. The van der Waals surface area contributed by atoms with Gasteiger partial charge in [-0.25, -0.2) is 0 Å². The van der Waals surface area contributed by atoms with Crippen LogP contribution in [0, 0.1) is 29.6 Å². The Morgan fingerprint density at radius 1 is 0.697 bits per heavy atom. The molecule has 3 atom stereocenters. The molecule has 0 spiro atoms. The maximum Gasteiger partial charge on any atom is 0.310 e. The highest BCUT2D eigenvalue weighted by molar-refractivity contribution is 5.87. The molecule has 0 heterocycles. The van der Waals surface area contributed by atoms with Crippen molar-refractivity contribution >= 4 is 17.9 Å². The number of carbonyl (C=O) groups is 3. The summed E-state index contributed by atoms with van der Waals surface area (Å²) in [6.07, 6.45) is 12.0. The van der Waals surface area contributed by atoms with Crippen LogP contribution in [0.3, 0.4) is 0 Å². The summed E-state index contributed by atoms with van der Waals surface area (Å²) in [6.45, 7) is 9.45. The Labute approximate surface area is 201 Å². The zero-order valence-corrected chi connectivity index (χ0v) is 21.5. The molecular weight excluding hydrogens is 420 g/mol. The van der Waals surface area contributed by atoms with Crippen LogP contribution in [-0.2, 0) is 23.9 Å². The molecule has 1 saturated carbocycles. The SMILES string of the molecule is CC(C)CCCCCCOC(=O)C1CCCC(C(=O)O)C1C(=O)OCCCCCCC(C)C. The van der Waals surface area contributed by atoms with Crippen molar-refractivity contribution in [2.24, 2.45) is 29.6 Å². The quantitative estimate of drug-likeness (QED) is 0.196. The van der Waals surface area contributed by atoms with E-state index in [0.29, 0.717) is 37.7 Å². The van der Waals surface area contributed by atoms with E-state index in [1.54, 1.807) is 0 Å². The highest BCUT2D eigenvalue weighted by atomic mass is 16.5. The molecular formula is C27H48O6. The minimum atomic E-state index is -1.03. The average Bonchev–Trinajstić information content (AvgIpc) is 2.76. The molecule has 0 aromatic heterocycles. The summed E-state index contributed by atoms with van der Waals surface area (Å²) in [6, 6.07) is 0. The molecule has 33 heavy (non-hydrogen) atoms. The number of carboxylic acids is 1. The molecule has 0 radical (unpaired) electrons. The van der Waals surface area contributed by atoms with Crippen LogP contribution < -0.4 is 0 Å². The number of ether oxygens (including phenoxy) is 2. The summed E-state index contributed by atoms with van der Waals surface area (Å²) >= 11 is 0. The van der Waals surface area contributed by atoms with Crippen LogP contribution >= 0.6 is 0 Å². The molecule has 0 bridgehead atoms. The van der Waals surface area contributed by atoms with Crippen molar-refractivity contribution in [1.82, 2.24) is 0 Å². The third-order valence-electron chi connectivity index (χ3n) is 6.63. The zero-order chi connectivity index (χ0) is 24.6. The maximum atomic E-state index is 12.8. The number of rotatable bonds is 17. The highest BCUT2D eigenvalue weighted by Crippen LogP contribution is 2.37. The fourth-order valence-corrected chi connectivity index (χ4v) is 4.63. The second-order valence-electron chi connectivity index (χ2n) is 10.5. The fraction of sp³-hybridized carbons (Fsp3) is 0.889. The molecule has 0 aromatic rings. The Morgan fingerprint density at radius 2 is 1.15 bits per heavy atom. The molecule has 3 unspecified atom stereocenters. The van der Waals surface area contributed by atoms with E-state index < -0.39 is 35.7 Å². The standard InChI is InChI=1S/C27H48O6/c1-20(2)14-9-5-7-11-18-32-26(30)23-17-13-16-22(25(28)29)24(23)27(31)33-19-12-8-6-10-15-21(3)4/h20-24H,5-19H2,1-4H3,(H,28,29). The molecule has 1 rings (SSSR count). The Balaban J connectivity index is 2.47. The second-order valence-corrected chi connectivity index (χ2v) is 10.5. The van der Waals surface area contributed by atoms with Gasteiger partial charge in [-0.15, -0.1) is 0 Å². The summed E-state index contributed by atoms with van der Waals surface area (Å²) in [4.78, 5) is 37.3. The van der Waals surface area contributed by atoms with Crippen molar-refractivity contribution in [3.05, 3.63) is 0 Å². The number of hydrogen-bond acceptors (Lipinski definition) is 5. The summed E-state index contributed by atoms with van der Waals surface area (Å²) < 4.78 is 10.9. The number of carboxylic acid groups (broad SMARTS) is 1. The van der Waals surface area contributed by atoms with E-state index >= 15 is 0 Å². The Bertz CT molecular complexity index is 571. The van der Waals surface area contributed by atoms with Gasteiger partial charge in [-0.05, 0) is 37.5 Å². The lowest BCUT2D eigenvalue weighted by Crippen LogP contribution is -2.43. The average molecular weight is 469 g/mol. The van der Waals surface area contributed by atoms with Crippen molar-refractivity contribution in [3.8, 4) is 0 Å².